The molecule has 0 unspecified atom stereocenters. The molecular formula is C21H24ClN3O3. The van der Waals surface area contributed by atoms with Crippen molar-refractivity contribution >= 4 is 40.5 Å². The highest BCUT2D eigenvalue weighted by molar-refractivity contribution is 6.31. The second kappa shape index (κ2) is 8.52. The average molecular weight is 402 g/mol. The zero-order valence-corrected chi connectivity index (χ0v) is 17.0. The van der Waals surface area contributed by atoms with Gasteiger partial charge >= 0.3 is 0 Å². The molecule has 7 heteroatoms. The van der Waals surface area contributed by atoms with Gasteiger partial charge < -0.3 is 20.3 Å². The number of hydrogen-bond donors (Lipinski definition) is 2. The van der Waals surface area contributed by atoms with Crippen molar-refractivity contribution in [2.24, 2.45) is 0 Å². The number of amides is 2. The van der Waals surface area contributed by atoms with Crippen LogP contribution < -0.4 is 20.3 Å². The average Bonchev–Trinajstić information content (AvgIpc) is 3.10. The molecule has 2 N–H and O–H groups in total. The summed E-state index contributed by atoms with van der Waals surface area (Å²) >= 11 is 6.01. The standard InChI is InChI=1S/C21H24ClN3O3/c1-13-6-7-15(22)11-17(13)24-21(27)14(2)23-16-8-9-18(19(12-16)28-3)25-10-4-5-20(25)26/h6-9,11-12,14,23H,4-5,10H2,1-3H3,(H,24,27)/t14-/m1/s1. The van der Waals surface area contributed by atoms with Gasteiger partial charge in [-0.2, -0.15) is 0 Å². The van der Waals surface area contributed by atoms with E-state index in [2.05, 4.69) is 10.6 Å². The van der Waals surface area contributed by atoms with E-state index in [0.29, 0.717) is 29.4 Å². The van der Waals surface area contributed by atoms with Crippen LogP contribution in [0.4, 0.5) is 17.1 Å². The second-order valence-electron chi connectivity index (χ2n) is 6.85. The molecule has 2 amide bonds. The van der Waals surface area contributed by atoms with Crippen LogP contribution in [-0.2, 0) is 9.59 Å². The molecule has 2 aromatic rings. The van der Waals surface area contributed by atoms with Gasteiger partial charge in [0.15, 0.2) is 0 Å². The normalized spacial score (nSPS) is 14.7. The number of anilines is 3. The molecule has 3 rings (SSSR count). The zero-order valence-electron chi connectivity index (χ0n) is 16.2. The Kier molecular flexibility index (Phi) is 6.09. The summed E-state index contributed by atoms with van der Waals surface area (Å²) in [6, 6.07) is 10.4. The summed E-state index contributed by atoms with van der Waals surface area (Å²) in [5.41, 5.74) is 3.11. The fourth-order valence-electron chi connectivity index (χ4n) is 3.18. The van der Waals surface area contributed by atoms with Crippen molar-refractivity contribution in [1.29, 1.82) is 0 Å². The molecule has 148 valence electrons. The number of nitrogens with one attached hydrogen (secondary N) is 2. The van der Waals surface area contributed by atoms with Crippen LogP contribution >= 0.6 is 11.6 Å². The van der Waals surface area contributed by atoms with Crippen LogP contribution in [0.5, 0.6) is 5.75 Å². The van der Waals surface area contributed by atoms with Crippen molar-refractivity contribution in [3.05, 3.63) is 47.0 Å². The molecule has 1 heterocycles. The van der Waals surface area contributed by atoms with Gasteiger partial charge in [-0.3, -0.25) is 9.59 Å². The topological polar surface area (TPSA) is 70.7 Å². The van der Waals surface area contributed by atoms with Crippen molar-refractivity contribution in [1.82, 2.24) is 0 Å². The van der Waals surface area contributed by atoms with Crippen molar-refractivity contribution in [3.8, 4) is 5.75 Å². The SMILES string of the molecule is COc1cc(N[C@H](C)C(=O)Nc2cc(Cl)ccc2C)ccc1N1CCCC1=O. The monoisotopic (exact) mass is 401 g/mol. The number of ether oxygens (including phenoxy) is 1. The number of carbonyl (C=O) groups excluding carboxylic acids is 2. The summed E-state index contributed by atoms with van der Waals surface area (Å²) in [6.07, 6.45) is 1.41. The number of methoxy groups -OCH3 is 1. The molecule has 6 nitrogen and oxygen atoms in total. The van der Waals surface area contributed by atoms with Gasteiger partial charge in [-0.05, 0) is 50.1 Å². The quantitative estimate of drug-likeness (QED) is 0.760. The molecule has 0 aliphatic carbocycles. The van der Waals surface area contributed by atoms with Crippen molar-refractivity contribution in [2.45, 2.75) is 32.7 Å². The van der Waals surface area contributed by atoms with Crippen LogP contribution in [0.25, 0.3) is 0 Å². The summed E-state index contributed by atoms with van der Waals surface area (Å²) in [7, 11) is 1.57. The maximum atomic E-state index is 12.6. The first-order valence-electron chi connectivity index (χ1n) is 9.21. The lowest BCUT2D eigenvalue weighted by Crippen LogP contribution is -2.32. The first kappa shape index (κ1) is 20.0. The van der Waals surface area contributed by atoms with E-state index in [1.165, 1.54) is 0 Å². The molecule has 2 aromatic carbocycles. The van der Waals surface area contributed by atoms with Crippen molar-refractivity contribution in [3.63, 3.8) is 0 Å². The highest BCUT2D eigenvalue weighted by atomic mass is 35.5. The van der Waals surface area contributed by atoms with Gasteiger partial charge in [0.2, 0.25) is 11.8 Å². The van der Waals surface area contributed by atoms with Crippen LogP contribution in [0.2, 0.25) is 5.02 Å². The molecule has 0 radical (unpaired) electrons. The third-order valence-electron chi connectivity index (χ3n) is 4.78. The largest absolute Gasteiger partial charge is 0.494 e. The van der Waals surface area contributed by atoms with E-state index in [0.717, 1.165) is 23.4 Å². The van der Waals surface area contributed by atoms with Crippen LogP contribution in [-0.4, -0.2) is 31.5 Å². The van der Waals surface area contributed by atoms with Gasteiger partial charge in [-0.1, -0.05) is 17.7 Å². The Bertz CT molecular complexity index is 900. The van der Waals surface area contributed by atoms with Gasteiger partial charge in [-0.25, -0.2) is 0 Å². The van der Waals surface area contributed by atoms with Crippen molar-refractivity contribution < 1.29 is 14.3 Å². The number of carbonyl (C=O) groups is 2. The Morgan fingerprint density at radius 3 is 2.71 bits per heavy atom. The predicted octanol–water partition coefficient (Wildman–Crippen LogP) is 4.22. The predicted molar refractivity (Wildman–Crippen MR) is 112 cm³/mol. The highest BCUT2D eigenvalue weighted by Crippen LogP contribution is 2.34. The Labute approximate surface area is 169 Å². The van der Waals surface area contributed by atoms with Crippen LogP contribution in [0.1, 0.15) is 25.3 Å². The van der Waals surface area contributed by atoms with E-state index in [9.17, 15) is 9.59 Å². The summed E-state index contributed by atoms with van der Waals surface area (Å²) in [4.78, 5) is 26.3. The van der Waals surface area contributed by atoms with E-state index in [1.807, 2.05) is 25.1 Å². The second-order valence-corrected chi connectivity index (χ2v) is 7.29. The third kappa shape index (κ3) is 4.39. The number of benzene rings is 2. The number of nitrogens with zero attached hydrogens (tertiary/aromatic N) is 1. The molecule has 0 saturated carbocycles. The van der Waals surface area contributed by atoms with Crippen LogP contribution in [0.15, 0.2) is 36.4 Å². The van der Waals surface area contributed by atoms with Crippen LogP contribution in [0, 0.1) is 6.92 Å². The smallest absolute Gasteiger partial charge is 0.246 e. The van der Waals surface area contributed by atoms with E-state index < -0.39 is 6.04 Å². The minimum atomic E-state index is -0.484. The maximum absolute atomic E-state index is 12.6. The molecule has 1 aliphatic rings. The molecule has 0 bridgehead atoms. The molecule has 1 fully saturated rings. The zero-order chi connectivity index (χ0) is 20.3. The number of rotatable bonds is 6. The lowest BCUT2D eigenvalue weighted by atomic mass is 10.2. The number of halogens is 1. The summed E-state index contributed by atoms with van der Waals surface area (Å²) in [5.74, 6) is 0.519. The number of aryl methyl sites for hydroxylation is 1. The fraction of sp³-hybridized carbons (Fsp3) is 0.333. The van der Waals surface area contributed by atoms with Crippen LogP contribution in [0.3, 0.4) is 0 Å². The van der Waals surface area contributed by atoms with Gasteiger partial charge in [0.05, 0.1) is 12.8 Å². The highest BCUT2D eigenvalue weighted by Gasteiger charge is 2.25. The molecule has 1 atom stereocenters. The fourth-order valence-corrected chi connectivity index (χ4v) is 3.35. The minimum Gasteiger partial charge on any atom is -0.494 e. The van der Waals surface area contributed by atoms with Crippen molar-refractivity contribution in [2.75, 3.05) is 29.2 Å². The van der Waals surface area contributed by atoms with Gasteiger partial charge in [0.25, 0.3) is 0 Å². The van der Waals surface area contributed by atoms with Gasteiger partial charge in [0, 0.05) is 35.4 Å². The third-order valence-corrected chi connectivity index (χ3v) is 5.01. The first-order valence-corrected chi connectivity index (χ1v) is 9.59. The Morgan fingerprint density at radius 1 is 1.25 bits per heavy atom. The molecule has 0 spiro atoms. The van der Waals surface area contributed by atoms with Gasteiger partial charge in [-0.15, -0.1) is 0 Å². The lowest BCUT2D eigenvalue weighted by molar-refractivity contribution is -0.117. The van der Waals surface area contributed by atoms with E-state index in [-0.39, 0.29) is 11.8 Å². The summed E-state index contributed by atoms with van der Waals surface area (Å²) in [6.45, 7) is 4.38. The molecule has 0 aromatic heterocycles. The molecule has 1 aliphatic heterocycles. The summed E-state index contributed by atoms with van der Waals surface area (Å²) in [5, 5.41) is 6.63. The Morgan fingerprint density at radius 2 is 2.04 bits per heavy atom. The van der Waals surface area contributed by atoms with E-state index in [4.69, 9.17) is 16.3 Å². The molecular weight excluding hydrogens is 378 g/mol. The minimum absolute atomic E-state index is 0.101. The first-order chi connectivity index (χ1) is 13.4. The van der Waals surface area contributed by atoms with E-state index >= 15 is 0 Å². The maximum Gasteiger partial charge on any atom is 0.246 e. The van der Waals surface area contributed by atoms with Gasteiger partial charge in [0.1, 0.15) is 11.8 Å². The Balaban J connectivity index is 1.71. The Hall–Kier alpha value is -2.73. The molecule has 1 saturated heterocycles. The summed E-state index contributed by atoms with van der Waals surface area (Å²) < 4.78 is 5.46. The lowest BCUT2D eigenvalue weighted by Gasteiger charge is -2.21. The number of hydrogen-bond acceptors (Lipinski definition) is 4. The van der Waals surface area contributed by atoms with E-state index in [1.54, 1.807) is 37.1 Å². The molecule has 28 heavy (non-hydrogen) atoms.